The zero-order chi connectivity index (χ0) is 15.8. The third-order valence-electron chi connectivity index (χ3n) is 3.50. The van der Waals surface area contributed by atoms with Crippen LogP contribution in [-0.2, 0) is 10.8 Å². The number of hydrogen-bond donors (Lipinski definition) is 1. The second-order valence-electron chi connectivity index (χ2n) is 7.56. The Morgan fingerprint density at radius 1 is 0.905 bits per heavy atom. The maximum absolute atomic E-state index is 11.9. The van der Waals surface area contributed by atoms with Gasteiger partial charge < -0.3 is 4.98 Å². The van der Waals surface area contributed by atoms with Gasteiger partial charge in [-0.05, 0) is 11.0 Å². The predicted octanol–water partition coefficient (Wildman–Crippen LogP) is 4.03. The van der Waals surface area contributed by atoms with E-state index >= 15 is 0 Å². The Hall–Kier alpha value is -1.90. The highest BCUT2D eigenvalue weighted by atomic mass is 16.1. The first-order chi connectivity index (χ1) is 9.57. The summed E-state index contributed by atoms with van der Waals surface area (Å²) in [5.74, 6) is 0.713. The molecular weight excluding hydrogens is 260 g/mol. The van der Waals surface area contributed by atoms with Gasteiger partial charge in [0.05, 0.1) is 5.69 Å². The minimum absolute atomic E-state index is 0.107. The fraction of sp³-hybridized carbons (Fsp3) is 0.444. The molecule has 0 aliphatic rings. The van der Waals surface area contributed by atoms with Crippen LogP contribution in [0, 0.1) is 0 Å². The van der Waals surface area contributed by atoms with Crippen LogP contribution in [0.25, 0.3) is 11.3 Å². The first-order valence-electron chi connectivity index (χ1n) is 7.30. The highest BCUT2D eigenvalue weighted by molar-refractivity contribution is 5.59. The van der Waals surface area contributed by atoms with Crippen molar-refractivity contribution >= 4 is 0 Å². The van der Waals surface area contributed by atoms with Gasteiger partial charge in [-0.3, -0.25) is 4.79 Å². The van der Waals surface area contributed by atoms with Crippen LogP contribution in [0.5, 0.6) is 0 Å². The van der Waals surface area contributed by atoms with Crippen molar-refractivity contribution in [1.82, 2.24) is 9.97 Å². The molecule has 21 heavy (non-hydrogen) atoms. The molecule has 3 heteroatoms. The molecule has 2 rings (SSSR count). The van der Waals surface area contributed by atoms with Gasteiger partial charge in [-0.2, -0.15) is 0 Å². The molecule has 0 aliphatic heterocycles. The first kappa shape index (κ1) is 15.5. The molecule has 0 bridgehead atoms. The molecule has 112 valence electrons. The van der Waals surface area contributed by atoms with Crippen molar-refractivity contribution in [2.45, 2.75) is 52.4 Å². The van der Waals surface area contributed by atoms with Gasteiger partial charge in [0, 0.05) is 17.0 Å². The molecule has 3 nitrogen and oxygen atoms in total. The van der Waals surface area contributed by atoms with E-state index in [9.17, 15) is 4.79 Å². The lowest BCUT2D eigenvalue weighted by Crippen LogP contribution is -2.21. The second-order valence-corrected chi connectivity index (χ2v) is 7.56. The minimum Gasteiger partial charge on any atom is -0.310 e. The number of nitrogens with one attached hydrogen (secondary N) is 1. The lowest BCUT2D eigenvalue weighted by atomic mass is 9.86. The summed E-state index contributed by atoms with van der Waals surface area (Å²) in [5, 5.41) is 0. The van der Waals surface area contributed by atoms with Crippen molar-refractivity contribution in [3.05, 3.63) is 52.1 Å². The number of aromatic nitrogens is 2. The van der Waals surface area contributed by atoms with E-state index < -0.39 is 0 Å². The van der Waals surface area contributed by atoms with Crippen LogP contribution in [0.1, 0.15) is 52.9 Å². The summed E-state index contributed by atoms with van der Waals surface area (Å²) in [6, 6.07) is 9.84. The number of H-pyrrole nitrogens is 1. The van der Waals surface area contributed by atoms with Gasteiger partial charge in [-0.1, -0.05) is 65.8 Å². The van der Waals surface area contributed by atoms with Gasteiger partial charge in [-0.25, -0.2) is 4.98 Å². The van der Waals surface area contributed by atoms with Crippen LogP contribution in [0.4, 0.5) is 0 Å². The molecular formula is C18H24N2O. The normalized spacial score (nSPS) is 12.5. The van der Waals surface area contributed by atoms with Gasteiger partial charge in [0.1, 0.15) is 5.82 Å². The lowest BCUT2D eigenvalue weighted by molar-refractivity contribution is 0.543. The number of benzene rings is 1. The van der Waals surface area contributed by atoms with Crippen LogP contribution < -0.4 is 5.56 Å². The fourth-order valence-corrected chi connectivity index (χ4v) is 2.10. The Bertz CT molecular complexity index is 683. The van der Waals surface area contributed by atoms with Gasteiger partial charge in [-0.15, -0.1) is 0 Å². The summed E-state index contributed by atoms with van der Waals surface area (Å²) < 4.78 is 0. The van der Waals surface area contributed by atoms with E-state index in [4.69, 9.17) is 0 Å². The van der Waals surface area contributed by atoms with Crippen molar-refractivity contribution in [3.8, 4) is 11.3 Å². The van der Waals surface area contributed by atoms with E-state index in [0.29, 0.717) is 5.82 Å². The third-order valence-corrected chi connectivity index (χ3v) is 3.50. The molecule has 1 aromatic carbocycles. The zero-order valence-corrected chi connectivity index (χ0v) is 13.7. The SMILES string of the molecule is CC(C)(C)c1ccc(-c2cc(=O)[nH]c(C(C)(C)C)n2)cc1. The molecule has 0 saturated carbocycles. The zero-order valence-electron chi connectivity index (χ0n) is 13.7. The van der Waals surface area contributed by atoms with Crippen LogP contribution in [0.15, 0.2) is 35.1 Å². The van der Waals surface area contributed by atoms with Crippen molar-refractivity contribution in [1.29, 1.82) is 0 Å². The fourth-order valence-electron chi connectivity index (χ4n) is 2.10. The monoisotopic (exact) mass is 284 g/mol. The van der Waals surface area contributed by atoms with E-state index in [1.807, 2.05) is 32.9 Å². The molecule has 0 atom stereocenters. The molecule has 0 radical (unpaired) electrons. The highest BCUT2D eigenvalue weighted by Crippen LogP contribution is 2.26. The van der Waals surface area contributed by atoms with Crippen molar-refractivity contribution in [2.24, 2.45) is 0 Å². The molecule has 1 N–H and O–H groups in total. The molecule has 0 aliphatic carbocycles. The molecule has 2 aromatic rings. The maximum atomic E-state index is 11.9. The number of nitrogens with zero attached hydrogens (tertiary/aromatic N) is 1. The van der Waals surface area contributed by atoms with Gasteiger partial charge >= 0.3 is 0 Å². The summed E-state index contributed by atoms with van der Waals surface area (Å²) in [6.07, 6.45) is 0. The van der Waals surface area contributed by atoms with Crippen LogP contribution in [0.3, 0.4) is 0 Å². The Balaban J connectivity index is 2.48. The van der Waals surface area contributed by atoms with E-state index in [-0.39, 0.29) is 16.4 Å². The Morgan fingerprint density at radius 2 is 1.48 bits per heavy atom. The molecule has 1 heterocycles. The van der Waals surface area contributed by atoms with Crippen LogP contribution in [0.2, 0.25) is 0 Å². The van der Waals surface area contributed by atoms with Gasteiger partial charge in [0.15, 0.2) is 0 Å². The Morgan fingerprint density at radius 3 is 1.95 bits per heavy atom. The topological polar surface area (TPSA) is 45.8 Å². The summed E-state index contributed by atoms with van der Waals surface area (Å²) >= 11 is 0. The van der Waals surface area contributed by atoms with Crippen molar-refractivity contribution < 1.29 is 0 Å². The molecule has 0 spiro atoms. The number of hydrogen-bond acceptors (Lipinski definition) is 2. The summed E-state index contributed by atoms with van der Waals surface area (Å²) in [5.41, 5.74) is 2.80. The molecule has 1 aromatic heterocycles. The molecule has 0 amide bonds. The second kappa shape index (κ2) is 5.14. The van der Waals surface area contributed by atoms with E-state index in [0.717, 1.165) is 11.3 Å². The molecule has 0 fully saturated rings. The van der Waals surface area contributed by atoms with Crippen LogP contribution in [-0.4, -0.2) is 9.97 Å². The standard InChI is InChI=1S/C18H24N2O/c1-17(2,3)13-9-7-12(8-10-13)14-11-15(21)20-16(19-14)18(4,5)6/h7-11H,1-6H3,(H,19,20,21). The van der Waals surface area contributed by atoms with E-state index in [1.54, 1.807) is 6.07 Å². The average Bonchev–Trinajstić information content (AvgIpc) is 2.36. The molecule has 0 saturated heterocycles. The lowest BCUT2D eigenvalue weighted by Gasteiger charge is -2.20. The van der Waals surface area contributed by atoms with Crippen molar-refractivity contribution in [3.63, 3.8) is 0 Å². The van der Waals surface area contributed by atoms with Gasteiger partial charge in [0.2, 0.25) is 0 Å². The smallest absolute Gasteiger partial charge is 0.251 e. The highest BCUT2D eigenvalue weighted by Gasteiger charge is 2.18. The summed E-state index contributed by atoms with van der Waals surface area (Å²) in [7, 11) is 0. The largest absolute Gasteiger partial charge is 0.310 e. The average molecular weight is 284 g/mol. The Kier molecular flexibility index (Phi) is 3.79. The summed E-state index contributed by atoms with van der Waals surface area (Å²) in [4.78, 5) is 19.3. The number of aromatic amines is 1. The van der Waals surface area contributed by atoms with E-state index in [1.165, 1.54) is 5.56 Å². The quantitative estimate of drug-likeness (QED) is 0.859. The first-order valence-corrected chi connectivity index (χ1v) is 7.30. The third kappa shape index (κ3) is 3.60. The van der Waals surface area contributed by atoms with Gasteiger partial charge in [0.25, 0.3) is 5.56 Å². The maximum Gasteiger partial charge on any atom is 0.251 e. The number of rotatable bonds is 1. The Labute approximate surface area is 126 Å². The predicted molar refractivity (Wildman–Crippen MR) is 87.7 cm³/mol. The molecule has 0 unspecified atom stereocenters. The minimum atomic E-state index is -0.180. The van der Waals surface area contributed by atoms with Crippen LogP contribution >= 0.6 is 0 Å². The summed E-state index contributed by atoms with van der Waals surface area (Å²) in [6.45, 7) is 12.7. The van der Waals surface area contributed by atoms with E-state index in [2.05, 4.69) is 42.9 Å². The van der Waals surface area contributed by atoms with Crippen molar-refractivity contribution in [2.75, 3.05) is 0 Å².